The van der Waals surface area contributed by atoms with Crippen molar-refractivity contribution in [2.24, 2.45) is 11.8 Å². The fourth-order valence-corrected chi connectivity index (χ4v) is 13.7. The predicted molar refractivity (Wildman–Crippen MR) is 344 cm³/mol. The van der Waals surface area contributed by atoms with Crippen LogP contribution in [0.5, 0.6) is 11.5 Å². The molecule has 17 nitrogen and oxygen atoms in total. The second-order valence-electron chi connectivity index (χ2n) is 27.1. The Morgan fingerprint density at radius 1 is 0.582 bits per heavy atom. The number of rotatable bonds is 24. The molecule has 0 atom stereocenters. The largest absolute Gasteiger partial charge is 0.476 e. The van der Waals surface area contributed by atoms with E-state index < -0.39 is 41.8 Å². The van der Waals surface area contributed by atoms with E-state index in [1.54, 1.807) is 64.1 Å². The summed E-state index contributed by atoms with van der Waals surface area (Å²) >= 11 is 12.2. The molecule has 0 radical (unpaired) electrons. The van der Waals surface area contributed by atoms with E-state index >= 15 is 0 Å². The van der Waals surface area contributed by atoms with Gasteiger partial charge in [-0.2, -0.15) is 17.6 Å². The average molecular weight is 1310 g/mol. The molecule has 500 valence electrons. The molecule has 0 unspecified atom stereocenters. The number of amides is 7. The summed E-state index contributed by atoms with van der Waals surface area (Å²) < 4.78 is 62.9. The molecular formula is C68H92Cl2F4N8O9. The summed E-state index contributed by atoms with van der Waals surface area (Å²) in [5, 5.41) is 8.82. The van der Waals surface area contributed by atoms with E-state index in [1.165, 1.54) is 29.1 Å². The van der Waals surface area contributed by atoms with Crippen molar-refractivity contribution in [3.63, 3.8) is 0 Å². The topological polar surface area (TPSA) is 190 Å². The molecule has 4 aliphatic carbocycles. The number of ether oxygens (including phenoxy) is 2. The second kappa shape index (κ2) is 30.3. The maximum absolute atomic E-state index is 14.3. The molecule has 0 bridgehead atoms. The van der Waals surface area contributed by atoms with Crippen LogP contribution in [-0.2, 0) is 30.4 Å². The van der Waals surface area contributed by atoms with Crippen molar-refractivity contribution < 1.29 is 60.6 Å². The molecule has 3 N–H and O–H groups in total. The molecule has 2 heterocycles. The molecular weight excluding hydrogens is 1220 g/mol. The molecule has 0 saturated heterocycles. The van der Waals surface area contributed by atoms with Crippen molar-refractivity contribution in [2.45, 2.75) is 226 Å². The molecule has 3 aromatic carbocycles. The normalized spacial score (nSPS) is 20.9. The predicted octanol–water partition coefficient (Wildman–Crippen LogP) is 11.7. The maximum Gasteiger partial charge on any atom is 0.315 e. The van der Waals surface area contributed by atoms with Gasteiger partial charge in [-0.1, -0.05) is 29.3 Å². The molecule has 0 aromatic heterocycles. The number of hydrogen-bond acceptors (Lipinski definition) is 10. The quantitative estimate of drug-likeness (QED) is 0.0728. The summed E-state index contributed by atoms with van der Waals surface area (Å²) in [5.41, 5.74) is 1.56. The Kier molecular flexibility index (Phi) is 23.5. The van der Waals surface area contributed by atoms with Crippen molar-refractivity contribution in [3.05, 3.63) is 80.3 Å². The van der Waals surface area contributed by atoms with Gasteiger partial charge in [-0.15, -0.1) is 0 Å². The first-order valence-electron chi connectivity index (χ1n) is 32.5. The van der Waals surface area contributed by atoms with Crippen LogP contribution in [0.15, 0.2) is 42.5 Å². The number of alkyl halides is 4. The SMILES string of the molecule is Cc1cc2c(cc1C(=O)N(C(C)C)C1CCC(CCN(C(=O)Cc3ccc(Cl)c(Cl)c3)C3CC3)CC1)N(CCNC(=O)C(F)F)C(=O)C(C)(C)O2.Cc1cc2c(cc1C(=O)N(C(C)C)C1CCC(CCNC3CC3)CC1)N(CCNC(=O)C(F)F)C(=O)C(C)(C)O2. The van der Waals surface area contributed by atoms with Gasteiger partial charge in [-0.05, 0) is 231 Å². The van der Waals surface area contributed by atoms with E-state index in [2.05, 4.69) is 16.0 Å². The van der Waals surface area contributed by atoms with Crippen molar-refractivity contribution in [2.75, 3.05) is 49.1 Å². The molecule has 23 heteroatoms. The van der Waals surface area contributed by atoms with Crippen molar-refractivity contribution in [3.8, 4) is 11.5 Å². The van der Waals surface area contributed by atoms with E-state index in [0.29, 0.717) is 80.5 Å². The number of benzene rings is 3. The minimum Gasteiger partial charge on any atom is -0.476 e. The lowest BCUT2D eigenvalue weighted by atomic mass is 9.82. The summed E-state index contributed by atoms with van der Waals surface area (Å²) in [4.78, 5) is 99.9. The standard InChI is InChI=1S/C38H48Cl2F2N4O5.C30H44F2N4O4/c1-22(2)46(27-9-6-24(7-10-27)14-16-44(26-11-12-26)33(47)20-25-8-13-29(39)30(40)19-25)36(49)28-21-31-32(18-23(28)3)51-38(4,5)37(50)45(31)17-15-43-35(48)34(41)42;1-18(2)36(22-10-6-20(7-11-22)12-13-33-21-8-9-21)28(38)23-17-24-25(16-19(23)3)40-30(4,5)29(39)35(24)15-14-34-27(37)26(31)32/h8,13,18-19,21-22,24,26-27,34H,6-7,9-12,14-17,20H2,1-5H3,(H,43,48);16-18,20-22,26,33H,6-15H2,1-5H3,(H,34,37). The minimum atomic E-state index is -3.16. The highest BCUT2D eigenvalue weighted by Crippen LogP contribution is 2.43. The molecule has 2 aliphatic heterocycles. The summed E-state index contributed by atoms with van der Waals surface area (Å²) in [6, 6.07) is 13.3. The molecule has 7 amide bonds. The Morgan fingerprint density at radius 2 is 1.01 bits per heavy atom. The van der Waals surface area contributed by atoms with Gasteiger partial charge in [0, 0.05) is 80.1 Å². The van der Waals surface area contributed by atoms with Gasteiger partial charge in [-0.25, -0.2) is 0 Å². The Bertz CT molecular complexity index is 3140. The zero-order valence-electron chi connectivity index (χ0n) is 54.3. The molecule has 3 aromatic rings. The first-order valence-corrected chi connectivity index (χ1v) is 33.3. The first kappa shape index (κ1) is 70.7. The smallest absolute Gasteiger partial charge is 0.315 e. The fraction of sp³-hybridized carbons (Fsp3) is 0.632. The fourth-order valence-electron chi connectivity index (χ4n) is 13.3. The monoisotopic (exact) mass is 1310 g/mol. The van der Waals surface area contributed by atoms with Crippen molar-refractivity contribution in [1.29, 1.82) is 0 Å². The number of nitrogens with zero attached hydrogens (tertiary/aromatic N) is 5. The lowest BCUT2D eigenvalue weighted by molar-refractivity contribution is -0.133. The van der Waals surface area contributed by atoms with Gasteiger partial charge in [0.15, 0.2) is 11.2 Å². The number of hydrogen-bond donors (Lipinski definition) is 3. The summed E-state index contributed by atoms with van der Waals surface area (Å²) in [5.74, 6) is -1.73. The van der Waals surface area contributed by atoms with E-state index in [4.69, 9.17) is 32.7 Å². The molecule has 0 spiro atoms. The van der Waals surface area contributed by atoms with Gasteiger partial charge < -0.3 is 49.9 Å². The molecule has 91 heavy (non-hydrogen) atoms. The molecule has 4 fully saturated rings. The van der Waals surface area contributed by atoms with Crippen molar-refractivity contribution in [1.82, 2.24) is 30.7 Å². The van der Waals surface area contributed by atoms with Crippen LogP contribution in [0.3, 0.4) is 0 Å². The third kappa shape index (κ3) is 17.7. The van der Waals surface area contributed by atoms with Gasteiger partial charge in [0.25, 0.3) is 35.4 Å². The van der Waals surface area contributed by atoms with Crippen LogP contribution >= 0.6 is 23.2 Å². The third-order valence-corrected chi connectivity index (χ3v) is 19.3. The van der Waals surface area contributed by atoms with Crippen LogP contribution in [0, 0.1) is 25.7 Å². The second-order valence-corrected chi connectivity index (χ2v) is 27.9. The van der Waals surface area contributed by atoms with Crippen LogP contribution in [0.4, 0.5) is 28.9 Å². The van der Waals surface area contributed by atoms with Crippen LogP contribution < -0.4 is 35.2 Å². The zero-order chi connectivity index (χ0) is 66.4. The highest BCUT2D eigenvalue weighted by molar-refractivity contribution is 6.42. The lowest BCUT2D eigenvalue weighted by Crippen LogP contribution is -2.54. The van der Waals surface area contributed by atoms with Crippen LogP contribution in [0.1, 0.15) is 183 Å². The number of aryl methyl sites for hydroxylation is 2. The Hall–Kier alpha value is -6.19. The Morgan fingerprint density at radius 3 is 1.41 bits per heavy atom. The van der Waals surface area contributed by atoms with Crippen LogP contribution in [0.2, 0.25) is 10.0 Å². The van der Waals surface area contributed by atoms with E-state index in [1.807, 2.05) is 62.3 Å². The maximum atomic E-state index is 14.3. The zero-order valence-corrected chi connectivity index (χ0v) is 55.9. The van der Waals surface area contributed by atoms with Gasteiger partial charge in [0.1, 0.15) is 11.5 Å². The number of halogens is 6. The van der Waals surface area contributed by atoms with E-state index in [-0.39, 0.29) is 74.0 Å². The van der Waals surface area contributed by atoms with E-state index in [9.17, 15) is 51.1 Å². The number of anilines is 2. The van der Waals surface area contributed by atoms with Gasteiger partial charge >= 0.3 is 12.9 Å². The van der Waals surface area contributed by atoms with Crippen LogP contribution in [0.25, 0.3) is 0 Å². The lowest BCUT2D eigenvalue weighted by Gasteiger charge is -2.41. The third-order valence-electron chi connectivity index (χ3n) is 18.6. The van der Waals surface area contributed by atoms with E-state index in [0.717, 1.165) is 94.3 Å². The Labute approximate surface area is 543 Å². The number of carbonyl (C=O) groups is 7. The van der Waals surface area contributed by atoms with Crippen molar-refractivity contribution >= 4 is 75.9 Å². The Balaban J connectivity index is 0.000000242. The first-order chi connectivity index (χ1) is 43.0. The number of carbonyl (C=O) groups excluding carboxylic acids is 7. The van der Waals surface area contributed by atoms with Crippen LogP contribution in [-0.4, -0.2) is 156 Å². The van der Waals surface area contributed by atoms with Gasteiger partial charge in [-0.3, -0.25) is 33.6 Å². The summed E-state index contributed by atoms with van der Waals surface area (Å²) in [6.07, 6.45) is 8.44. The molecule has 6 aliphatic rings. The van der Waals surface area contributed by atoms with Gasteiger partial charge in [0.05, 0.1) is 27.8 Å². The number of nitrogens with one attached hydrogen (secondary N) is 3. The van der Waals surface area contributed by atoms with Gasteiger partial charge in [0.2, 0.25) is 5.91 Å². The summed E-state index contributed by atoms with van der Waals surface area (Å²) in [6.45, 7) is 19.6. The minimum absolute atomic E-state index is 0.00139. The molecule has 4 saturated carbocycles. The highest BCUT2D eigenvalue weighted by Gasteiger charge is 2.45. The number of fused-ring (bicyclic) bond motifs is 2. The highest BCUT2D eigenvalue weighted by atomic mass is 35.5. The average Bonchev–Trinajstić information content (AvgIpc) is 1.67. The molecule has 9 rings (SSSR count). The summed E-state index contributed by atoms with van der Waals surface area (Å²) in [7, 11) is 0.